The zero-order valence-electron chi connectivity index (χ0n) is 17.2. The summed E-state index contributed by atoms with van der Waals surface area (Å²) in [6.07, 6.45) is -4.01. The third kappa shape index (κ3) is 5.25. The maximum absolute atomic E-state index is 14.1. The normalized spacial score (nSPS) is 12.3. The highest BCUT2D eigenvalue weighted by atomic mass is 19.4. The molecular weight excluding hydrogens is 444 g/mol. The number of aromatic nitrogens is 2. The van der Waals surface area contributed by atoms with Crippen molar-refractivity contribution in [3.63, 3.8) is 0 Å². The number of carbonyl (C=O) groups is 3. The van der Waals surface area contributed by atoms with E-state index in [-0.39, 0.29) is 12.0 Å². The van der Waals surface area contributed by atoms with Gasteiger partial charge in [0.25, 0.3) is 11.8 Å². The molecule has 0 saturated heterocycles. The van der Waals surface area contributed by atoms with Gasteiger partial charge in [0.15, 0.2) is 0 Å². The van der Waals surface area contributed by atoms with Crippen LogP contribution in [0.2, 0.25) is 0 Å². The maximum atomic E-state index is 14.1. The quantitative estimate of drug-likeness (QED) is 0.416. The number of nitrogens with two attached hydrogens (primary N) is 1. The van der Waals surface area contributed by atoms with Crippen LogP contribution in [0.1, 0.15) is 21.5 Å². The molecule has 0 fully saturated rings. The fourth-order valence-corrected chi connectivity index (χ4v) is 3.33. The second-order valence-electron chi connectivity index (χ2n) is 7.17. The molecular formula is C22H18F4N4O3. The number of benzene rings is 2. The summed E-state index contributed by atoms with van der Waals surface area (Å²) in [4.78, 5) is 36.8. The highest BCUT2D eigenvalue weighted by Crippen LogP contribution is 2.39. The van der Waals surface area contributed by atoms with Crippen LogP contribution in [0.3, 0.4) is 0 Å². The third-order valence-corrected chi connectivity index (χ3v) is 4.77. The van der Waals surface area contributed by atoms with Crippen LogP contribution in [0.5, 0.6) is 0 Å². The standard InChI is InChI=1S/C22H18F4N4O3/c1-30-11-14(18(29-30)13-8-5-9-15(23)17(13)22(24,25)26)21(33)28-16(19(31)20(27)32)10-12-6-3-2-4-7-12/h2-9,11,16H,10H2,1H3,(H2,27,32)(H,28,33). The van der Waals surface area contributed by atoms with Crippen molar-refractivity contribution >= 4 is 17.6 Å². The van der Waals surface area contributed by atoms with E-state index in [1.807, 2.05) is 0 Å². The summed E-state index contributed by atoms with van der Waals surface area (Å²) in [6, 6.07) is 9.74. The SMILES string of the molecule is Cn1cc(C(=O)NC(Cc2ccccc2)C(=O)C(N)=O)c(-c2cccc(F)c2C(F)(F)F)n1. The first kappa shape index (κ1) is 23.6. The van der Waals surface area contributed by atoms with Gasteiger partial charge in [0.05, 0.1) is 5.56 Å². The molecule has 1 unspecified atom stereocenters. The summed E-state index contributed by atoms with van der Waals surface area (Å²) in [6.45, 7) is 0. The molecule has 0 aliphatic heterocycles. The second-order valence-corrected chi connectivity index (χ2v) is 7.17. The van der Waals surface area contributed by atoms with Gasteiger partial charge < -0.3 is 11.1 Å². The van der Waals surface area contributed by atoms with E-state index in [4.69, 9.17) is 5.73 Å². The van der Waals surface area contributed by atoms with E-state index in [0.29, 0.717) is 11.6 Å². The molecule has 1 atom stereocenters. The predicted octanol–water partition coefficient (Wildman–Crippen LogP) is 2.64. The number of hydrogen-bond acceptors (Lipinski definition) is 4. The zero-order chi connectivity index (χ0) is 24.3. The third-order valence-electron chi connectivity index (χ3n) is 4.77. The van der Waals surface area contributed by atoms with E-state index in [1.165, 1.54) is 7.05 Å². The fourth-order valence-electron chi connectivity index (χ4n) is 3.33. The molecule has 33 heavy (non-hydrogen) atoms. The Hall–Kier alpha value is -4.02. The van der Waals surface area contributed by atoms with Gasteiger partial charge in [0, 0.05) is 25.2 Å². The number of nitrogens with zero attached hydrogens (tertiary/aromatic N) is 2. The molecule has 11 heteroatoms. The van der Waals surface area contributed by atoms with Crippen molar-refractivity contribution in [3.05, 3.63) is 77.2 Å². The topological polar surface area (TPSA) is 107 Å². The summed E-state index contributed by atoms with van der Waals surface area (Å²) in [5, 5.41) is 6.24. The molecule has 3 rings (SSSR count). The van der Waals surface area contributed by atoms with Crippen LogP contribution >= 0.6 is 0 Å². The van der Waals surface area contributed by atoms with E-state index in [9.17, 15) is 31.9 Å². The predicted molar refractivity (Wildman–Crippen MR) is 109 cm³/mol. The van der Waals surface area contributed by atoms with Crippen LogP contribution in [-0.2, 0) is 29.2 Å². The van der Waals surface area contributed by atoms with E-state index in [0.717, 1.165) is 23.0 Å². The Morgan fingerprint density at radius 3 is 2.36 bits per heavy atom. The Kier molecular flexibility index (Phi) is 6.61. The molecule has 2 aromatic carbocycles. The van der Waals surface area contributed by atoms with Gasteiger partial charge in [-0.05, 0) is 11.6 Å². The Morgan fingerprint density at radius 1 is 1.09 bits per heavy atom. The lowest BCUT2D eigenvalue weighted by molar-refractivity contribution is -0.139. The molecule has 0 bridgehead atoms. The Labute approximate surface area is 185 Å². The van der Waals surface area contributed by atoms with E-state index in [2.05, 4.69) is 10.4 Å². The molecule has 3 aromatic rings. The van der Waals surface area contributed by atoms with Gasteiger partial charge >= 0.3 is 6.18 Å². The lowest BCUT2D eigenvalue weighted by atomic mass is 9.99. The zero-order valence-corrected chi connectivity index (χ0v) is 17.2. The number of primary amides is 1. The molecule has 172 valence electrons. The van der Waals surface area contributed by atoms with Crippen molar-refractivity contribution in [3.8, 4) is 11.3 Å². The molecule has 0 saturated carbocycles. The number of alkyl halides is 3. The van der Waals surface area contributed by atoms with Gasteiger partial charge in [-0.15, -0.1) is 0 Å². The van der Waals surface area contributed by atoms with E-state index < -0.39 is 52.5 Å². The van der Waals surface area contributed by atoms with Gasteiger partial charge in [-0.2, -0.15) is 18.3 Å². The first-order valence-electron chi connectivity index (χ1n) is 9.57. The summed E-state index contributed by atoms with van der Waals surface area (Å²) in [5.74, 6) is -4.87. The summed E-state index contributed by atoms with van der Waals surface area (Å²) in [5.41, 5.74) is 2.69. The lowest BCUT2D eigenvalue weighted by Crippen LogP contribution is -2.47. The number of halogens is 4. The van der Waals surface area contributed by atoms with Crippen molar-refractivity contribution < 1.29 is 31.9 Å². The minimum Gasteiger partial charge on any atom is -0.363 e. The molecule has 2 amide bonds. The molecule has 3 N–H and O–H groups in total. The van der Waals surface area contributed by atoms with Crippen molar-refractivity contribution in [1.82, 2.24) is 15.1 Å². The number of Topliss-reactive ketones (excluding diaryl/α,β-unsaturated/α-hetero) is 1. The molecule has 7 nitrogen and oxygen atoms in total. The van der Waals surface area contributed by atoms with Crippen LogP contribution < -0.4 is 11.1 Å². The van der Waals surface area contributed by atoms with Crippen molar-refractivity contribution in [2.75, 3.05) is 0 Å². The average Bonchev–Trinajstić information content (AvgIpc) is 3.14. The minimum absolute atomic E-state index is 0.0856. The smallest absolute Gasteiger partial charge is 0.363 e. The van der Waals surface area contributed by atoms with Gasteiger partial charge in [-0.3, -0.25) is 19.1 Å². The number of amides is 2. The number of ketones is 1. The Bertz CT molecular complexity index is 1210. The molecule has 1 heterocycles. The largest absolute Gasteiger partial charge is 0.419 e. The molecule has 0 aliphatic rings. The minimum atomic E-state index is -5.05. The molecule has 0 radical (unpaired) electrons. The molecule has 1 aromatic heterocycles. The molecule has 0 spiro atoms. The monoisotopic (exact) mass is 462 g/mol. The van der Waals surface area contributed by atoms with Crippen LogP contribution in [0, 0.1) is 5.82 Å². The Morgan fingerprint density at radius 2 is 1.76 bits per heavy atom. The van der Waals surface area contributed by atoms with E-state index in [1.54, 1.807) is 30.3 Å². The van der Waals surface area contributed by atoms with Crippen LogP contribution in [0.25, 0.3) is 11.3 Å². The highest BCUT2D eigenvalue weighted by Gasteiger charge is 2.39. The maximum Gasteiger partial charge on any atom is 0.419 e. The van der Waals surface area contributed by atoms with Gasteiger partial charge in [0.2, 0.25) is 5.78 Å². The second kappa shape index (κ2) is 9.23. The number of nitrogens with one attached hydrogen (secondary N) is 1. The van der Waals surface area contributed by atoms with Crippen molar-refractivity contribution in [1.29, 1.82) is 0 Å². The number of aryl methyl sites for hydroxylation is 1. The first-order chi connectivity index (χ1) is 15.5. The first-order valence-corrected chi connectivity index (χ1v) is 9.57. The van der Waals surface area contributed by atoms with Gasteiger partial charge in [0.1, 0.15) is 23.1 Å². The molecule has 0 aliphatic carbocycles. The number of carbonyl (C=O) groups excluding carboxylic acids is 3. The van der Waals surface area contributed by atoms with Crippen molar-refractivity contribution in [2.45, 2.75) is 18.6 Å². The summed E-state index contributed by atoms with van der Waals surface area (Å²) < 4.78 is 55.7. The number of hydrogen-bond donors (Lipinski definition) is 2. The highest BCUT2D eigenvalue weighted by molar-refractivity contribution is 6.38. The van der Waals surface area contributed by atoms with Crippen molar-refractivity contribution in [2.24, 2.45) is 12.8 Å². The average molecular weight is 462 g/mol. The summed E-state index contributed by atoms with van der Waals surface area (Å²) in [7, 11) is 1.36. The fraction of sp³-hybridized carbons (Fsp3) is 0.182. The Balaban J connectivity index is 2.01. The number of rotatable bonds is 7. The van der Waals surface area contributed by atoms with Gasteiger partial charge in [-0.1, -0.05) is 42.5 Å². The van der Waals surface area contributed by atoms with Crippen LogP contribution in [-0.4, -0.2) is 33.4 Å². The van der Waals surface area contributed by atoms with Crippen LogP contribution in [0.4, 0.5) is 17.6 Å². The lowest BCUT2D eigenvalue weighted by Gasteiger charge is -2.17. The van der Waals surface area contributed by atoms with E-state index >= 15 is 0 Å². The van der Waals surface area contributed by atoms with Gasteiger partial charge in [-0.25, -0.2) is 4.39 Å². The van der Waals surface area contributed by atoms with Crippen LogP contribution in [0.15, 0.2) is 54.7 Å². The summed E-state index contributed by atoms with van der Waals surface area (Å²) >= 11 is 0.